The molecule has 8 nitrogen and oxygen atoms in total. The first-order valence-electron chi connectivity index (χ1n) is 10.4. The average Bonchev–Trinajstić information content (AvgIpc) is 2.83. The Bertz CT molecular complexity index is 1280. The maximum absolute atomic E-state index is 13.1. The normalized spacial score (nSPS) is 11.4. The van der Waals surface area contributed by atoms with Gasteiger partial charge in [-0.15, -0.1) is 0 Å². The number of hydrazone groups is 1. The van der Waals surface area contributed by atoms with Crippen molar-refractivity contribution in [2.24, 2.45) is 5.10 Å². The second-order valence-electron chi connectivity index (χ2n) is 7.22. The van der Waals surface area contributed by atoms with Crippen LogP contribution in [0.1, 0.15) is 34.0 Å². The summed E-state index contributed by atoms with van der Waals surface area (Å²) in [5.41, 5.74) is 1.62. The van der Waals surface area contributed by atoms with Crippen LogP contribution in [0.4, 0.5) is 18.9 Å². The number of hydrogen-bond donors (Lipinski definition) is 1. The minimum atomic E-state index is -4.68. The van der Waals surface area contributed by atoms with Crippen molar-refractivity contribution in [2.75, 3.05) is 6.61 Å². The summed E-state index contributed by atoms with van der Waals surface area (Å²) in [7, 11) is 0. The number of halogens is 4. The molecule has 0 atom stereocenters. The van der Waals surface area contributed by atoms with E-state index in [1.165, 1.54) is 30.5 Å². The molecule has 12 heteroatoms. The molecule has 3 rings (SSSR count). The lowest BCUT2D eigenvalue weighted by molar-refractivity contribution is -0.384. The zero-order valence-corrected chi connectivity index (χ0v) is 20.3. The molecule has 0 spiro atoms. The summed E-state index contributed by atoms with van der Waals surface area (Å²) in [6, 6.07) is 13.5. The van der Waals surface area contributed by atoms with E-state index in [1.807, 2.05) is 0 Å². The second kappa shape index (κ2) is 11.7. The number of carbonyl (C=O) groups is 1. The Labute approximate surface area is 212 Å². The first-order valence-corrected chi connectivity index (χ1v) is 11.2. The number of nitrogens with one attached hydrogen (secondary N) is 1. The Kier molecular flexibility index (Phi) is 8.64. The summed E-state index contributed by atoms with van der Waals surface area (Å²) in [6.45, 7) is 2.19. The SMILES string of the molecule is CCOc1cc(/C=N/NC(=O)c2ccccc2C(F)(F)F)cc(Br)c1OCc1ccc([N+](=O)[O-])cc1. The quantitative estimate of drug-likeness (QED) is 0.191. The molecule has 0 fully saturated rings. The molecule has 188 valence electrons. The first kappa shape index (κ1) is 26.7. The zero-order chi connectivity index (χ0) is 26.3. The van der Waals surface area contributed by atoms with Crippen LogP contribution in [0.25, 0.3) is 0 Å². The van der Waals surface area contributed by atoms with E-state index in [9.17, 15) is 28.1 Å². The Morgan fingerprint density at radius 2 is 1.83 bits per heavy atom. The number of hydrogen-bond acceptors (Lipinski definition) is 6. The molecule has 36 heavy (non-hydrogen) atoms. The van der Waals surface area contributed by atoms with Crippen molar-refractivity contribution in [1.29, 1.82) is 0 Å². The van der Waals surface area contributed by atoms with Gasteiger partial charge in [0.05, 0.1) is 33.3 Å². The molecule has 1 amide bonds. The summed E-state index contributed by atoms with van der Waals surface area (Å²) in [5.74, 6) is -0.286. The molecule has 0 aromatic heterocycles. The third-order valence-electron chi connectivity index (χ3n) is 4.72. The van der Waals surface area contributed by atoms with E-state index in [2.05, 4.69) is 26.5 Å². The maximum atomic E-state index is 13.1. The third kappa shape index (κ3) is 6.81. The van der Waals surface area contributed by atoms with Crippen LogP contribution in [0.3, 0.4) is 0 Å². The van der Waals surface area contributed by atoms with E-state index < -0.39 is 28.1 Å². The van der Waals surface area contributed by atoms with Gasteiger partial charge in [-0.2, -0.15) is 18.3 Å². The van der Waals surface area contributed by atoms with E-state index in [0.29, 0.717) is 33.7 Å². The van der Waals surface area contributed by atoms with Gasteiger partial charge in [-0.05, 0) is 70.4 Å². The number of benzene rings is 3. The minimum absolute atomic E-state index is 0.0347. The molecular weight excluding hydrogens is 547 g/mol. The van der Waals surface area contributed by atoms with Crippen LogP contribution in [-0.4, -0.2) is 23.7 Å². The van der Waals surface area contributed by atoms with Crippen molar-refractivity contribution < 1.29 is 32.4 Å². The summed E-state index contributed by atoms with van der Waals surface area (Å²) in [4.78, 5) is 22.6. The van der Waals surface area contributed by atoms with Crippen molar-refractivity contribution in [2.45, 2.75) is 19.7 Å². The number of nitro groups is 1. The van der Waals surface area contributed by atoms with E-state index >= 15 is 0 Å². The molecule has 0 heterocycles. The number of non-ortho nitro benzene ring substituents is 1. The summed E-state index contributed by atoms with van der Waals surface area (Å²) in [5, 5.41) is 14.6. The maximum Gasteiger partial charge on any atom is 0.417 e. The molecule has 0 saturated carbocycles. The molecule has 0 aliphatic carbocycles. The van der Waals surface area contributed by atoms with Crippen LogP contribution >= 0.6 is 15.9 Å². The van der Waals surface area contributed by atoms with Crippen molar-refractivity contribution >= 4 is 33.7 Å². The number of nitrogens with zero attached hydrogens (tertiary/aromatic N) is 2. The Morgan fingerprint density at radius 1 is 1.14 bits per heavy atom. The highest BCUT2D eigenvalue weighted by Crippen LogP contribution is 2.37. The van der Waals surface area contributed by atoms with Gasteiger partial charge in [-0.1, -0.05) is 12.1 Å². The largest absolute Gasteiger partial charge is 0.490 e. The van der Waals surface area contributed by atoms with E-state index in [-0.39, 0.29) is 12.3 Å². The van der Waals surface area contributed by atoms with Crippen molar-refractivity contribution in [3.63, 3.8) is 0 Å². The monoisotopic (exact) mass is 565 g/mol. The Morgan fingerprint density at radius 3 is 2.47 bits per heavy atom. The number of rotatable bonds is 9. The second-order valence-corrected chi connectivity index (χ2v) is 8.07. The van der Waals surface area contributed by atoms with Crippen LogP contribution in [0, 0.1) is 10.1 Å². The van der Waals surface area contributed by atoms with Crippen LogP contribution in [0.5, 0.6) is 11.5 Å². The molecule has 0 radical (unpaired) electrons. The summed E-state index contributed by atoms with van der Waals surface area (Å²) >= 11 is 3.39. The highest BCUT2D eigenvalue weighted by Gasteiger charge is 2.34. The van der Waals surface area contributed by atoms with Crippen LogP contribution in [0.15, 0.2) is 70.2 Å². The Balaban J connectivity index is 1.74. The van der Waals surface area contributed by atoms with E-state index in [1.54, 1.807) is 31.2 Å². The fourth-order valence-electron chi connectivity index (χ4n) is 3.09. The smallest absolute Gasteiger partial charge is 0.417 e. The van der Waals surface area contributed by atoms with Gasteiger partial charge in [0.2, 0.25) is 0 Å². The molecular formula is C24H19BrF3N3O5. The molecule has 0 unspecified atom stereocenters. The topological polar surface area (TPSA) is 103 Å². The van der Waals surface area contributed by atoms with Gasteiger partial charge in [-0.25, -0.2) is 5.43 Å². The first-order chi connectivity index (χ1) is 17.1. The number of nitro benzene ring substituents is 1. The molecule has 1 N–H and O–H groups in total. The zero-order valence-electron chi connectivity index (χ0n) is 18.7. The standard InChI is InChI=1S/C24H19BrF3N3O5/c1-2-35-21-12-16(13-29-30-23(32)18-5-3-4-6-19(18)24(26,27)28)11-20(25)22(21)36-14-15-7-9-17(10-8-15)31(33)34/h3-13H,2,14H2,1H3,(H,30,32)/b29-13+. The highest BCUT2D eigenvalue weighted by atomic mass is 79.9. The Hall–Kier alpha value is -3.93. The fraction of sp³-hybridized carbons (Fsp3) is 0.167. The molecule has 3 aromatic carbocycles. The molecule has 0 saturated heterocycles. The number of alkyl halides is 3. The van der Waals surface area contributed by atoms with Gasteiger partial charge in [0.1, 0.15) is 6.61 Å². The number of carbonyl (C=O) groups excluding carboxylic acids is 1. The van der Waals surface area contributed by atoms with Gasteiger partial charge in [0.25, 0.3) is 11.6 Å². The fourth-order valence-corrected chi connectivity index (χ4v) is 3.66. The predicted molar refractivity (Wildman–Crippen MR) is 129 cm³/mol. The minimum Gasteiger partial charge on any atom is -0.490 e. The molecule has 0 bridgehead atoms. The van der Waals surface area contributed by atoms with Gasteiger partial charge in [-0.3, -0.25) is 14.9 Å². The molecule has 0 aliphatic rings. The third-order valence-corrected chi connectivity index (χ3v) is 5.31. The van der Waals surface area contributed by atoms with Crippen molar-refractivity contribution in [3.8, 4) is 11.5 Å². The van der Waals surface area contributed by atoms with Gasteiger partial charge < -0.3 is 9.47 Å². The lowest BCUT2D eigenvalue weighted by Crippen LogP contribution is -2.22. The summed E-state index contributed by atoms with van der Waals surface area (Å²) in [6.07, 6.45) is -3.43. The van der Waals surface area contributed by atoms with Crippen LogP contribution < -0.4 is 14.9 Å². The van der Waals surface area contributed by atoms with E-state index in [4.69, 9.17) is 9.47 Å². The lowest BCUT2D eigenvalue weighted by Gasteiger charge is -2.14. The number of amides is 1. The molecule has 3 aromatic rings. The van der Waals surface area contributed by atoms with Crippen molar-refractivity contribution in [3.05, 3.63) is 97.5 Å². The number of ether oxygens (including phenoxy) is 2. The highest BCUT2D eigenvalue weighted by molar-refractivity contribution is 9.10. The predicted octanol–water partition coefficient (Wildman–Crippen LogP) is 6.12. The van der Waals surface area contributed by atoms with E-state index in [0.717, 1.165) is 12.1 Å². The van der Waals surface area contributed by atoms with Crippen LogP contribution in [-0.2, 0) is 12.8 Å². The lowest BCUT2D eigenvalue weighted by atomic mass is 10.1. The van der Waals surface area contributed by atoms with Gasteiger partial charge >= 0.3 is 6.18 Å². The van der Waals surface area contributed by atoms with Gasteiger partial charge in [0, 0.05) is 12.1 Å². The molecule has 0 aliphatic heterocycles. The summed E-state index contributed by atoms with van der Waals surface area (Å²) < 4.78 is 51.4. The van der Waals surface area contributed by atoms with Crippen LogP contribution in [0.2, 0.25) is 0 Å². The van der Waals surface area contributed by atoms with Crippen molar-refractivity contribution in [1.82, 2.24) is 5.43 Å². The van der Waals surface area contributed by atoms with Gasteiger partial charge in [0.15, 0.2) is 11.5 Å². The average molecular weight is 566 g/mol.